The summed E-state index contributed by atoms with van der Waals surface area (Å²) in [4.78, 5) is 48.9. The van der Waals surface area contributed by atoms with E-state index in [0.717, 1.165) is 0 Å². The predicted octanol–water partition coefficient (Wildman–Crippen LogP) is -2.07. The van der Waals surface area contributed by atoms with Crippen LogP contribution in [0.3, 0.4) is 0 Å². The highest BCUT2D eigenvalue weighted by Crippen LogP contribution is 2.11. The van der Waals surface area contributed by atoms with Gasteiger partial charge in [0.1, 0.15) is 23.9 Å². The van der Waals surface area contributed by atoms with E-state index in [1.807, 2.05) is 5.32 Å². The largest absolute Gasteiger partial charge is 0.508 e. The number of phenolic OH excluding ortho intramolecular Hbond substituents is 1. The summed E-state index contributed by atoms with van der Waals surface area (Å²) < 4.78 is 0. The number of carboxylic acids is 1. The maximum atomic E-state index is 12.9. The molecule has 34 heavy (non-hydrogen) atoms. The number of carbonyl (C=O) groups is 4. The Hall–Kier alpha value is -2.87. The number of nitrogens with two attached hydrogens (primary N) is 1. The molecular formula is C21H32N4O8S. The molecule has 0 aliphatic heterocycles. The van der Waals surface area contributed by atoms with Crippen LogP contribution in [0.25, 0.3) is 0 Å². The molecule has 0 bridgehead atoms. The number of aliphatic carboxylic acids is 1. The number of aliphatic hydroxyl groups is 2. The first kappa shape index (κ1) is 29.2. The standard InChI is InChI=1S/C21H32N4O8S/c1-11(27)17(20(31)24-16(10-26)21(32)33)25-19(30)15(7-8-34-2)23-18(29)14(22)9-12-3-5-13(28)6-4-12/h3-6,11,14-17,26-28H,7-10,22H2,1-2H3,(H,23,29)(H,24,31)(H,25,30)(H,32,33). The van der Waals surface area contributed by atoms with Gasteiger partial charge in [-0.3, -0.25) is 14.4 Å². The fraction of sp³-hybridized carbons (Fsp3) is 0.524. The second-order valence-electron chi connectivity index (χ2n) is 7.63. The molecule has 5 unspecified atom stereocenters. The third-order valence-electron chi connectivity index (χ3n) is 4.83. The highest BCUT2D eigenvalue weighted by molar-refractivity contribution is 7.98. The predicted molar refractivity (Wildman–Crippen MR) is 125 cm³/mol. The molecule has 13 heteroatoms. The molecule has 0 saturated heterocycles. The molecule has 5 atom stereocenters. The molecule has 0 saturated carbocycles. The van der Waals surface area contributed by atoms with Gasteiger partial charge in [-0.15, -0.1) is 0 Å². The lowest BCUT2D eigenvalue weighted by atomic mass is 10.0. The van der Waals surface area contributed by atoms with E-state index in [1.54, 1.807) is 18.4 Å². The average molecular weight is 501 g/mol. The van der Waals surface area contributed by atoms with Crippen molar-refractivity contribution in [3.05, 3.63) is 29.8 Å². The lowest BCUT2D eigenvalue weighted by Gasteiger charge is -2.26. The van der Waals surface area contributed by atoms with E-state index in [-0.39, 0.29) is 18.6 Å². The Morgan fingerprint density at radius 1 is 1.00 bits per heavy atom. The van der Waals surface area contributed by atoms with Crippen molar-refractivity contribution in [1.29, 1.82) is 0 Å². The summed E-state index contributed by atoms with van der Waals surface area (Å²) in [5.41, 5.74) is 6.67. The number of hydrogen-bond donors (Lipinski definition) is 8. The van der Waals surface area contributed by atoms with Crippen molar-refractivity contribution >= 4 is 35.5 Å². The third kappa shape index (κ3) is 9.55. The topological polar surface area (TPSA) is 211 Å². The number of rotatable bonds is 14. The van der Waals surface area contributed by atoms with E-state index in [2.05, 4.69) is 10.6 Å². The van der Waals surface area contributed by atoms with Crippen molar-refractivity contribution in [2.45, 2.75) is 50.0 Å². The normalized spacial score (nSPS) is 15.3. The fourth-order valence-electron chi connectivity index (χ4n) is 2.87. The van der Waals surface area contributed by atoms with E-state index in [1.165, 1.54) is 30.8 Å². The number of thioether (sulfide) groups is 1. The monoisotopic (exact) mass is 500 g/mol. The van der Waals surface area contributed by atoms with Crippen LogP contribution in [0.4, 0.5) is 0 Å². The molecule has 3 amide bonds. The number of carboxylic acid groups (broad SMARTS) is 1. The van der Waals surface area contributed by atoms with Gasteiger partial charge in [0, 0.05) is 0 Å². The average Bonchev–Trinajstić information content (AvgIpc) is 2.78. The molecule has 0 aliphatic rings. The van der Waals surface area contributed by atoms with Gasteiger partial charge < -0.3 is 42.1 Å². The van der Waals surface area contributed by atoms with Crippen LogP contribution in [-0.2, 0) is 25.6 Å². The quantitative estimate of drug-likeness (QED) is 0.140. The Kier molecular flexibility index (Phi) is 12.4. The number of carbonyl (C=O) groups excluding carboxylic acids is 3. The maximum Gasteiger partial charge on any atom is 0.328 e. The van der Waals surface area contributed by atoms with Gasteiger partial charge in [-0.2, -0.15) is 11.8 Å². The van der Waals surface area contributed by atoms with E-state index < -0.39 is 60.6 Å². The molecule has 1 rings (SSSR count). The van der Waals surface area contributed by atoms with Gasteiger partial charge in [-0.05, 0) is 49.5 Å². The molecule has 1 aromatic rings. The van der Waals surface area contributed by atoms with Crippen LogP contribution in [0.1, 0.15) is 18.9 Å². The van der Waals surface area contributed by atoms with E-state index in [9.17, 15) is 29.4 Å². The van der Waals surface area contributed by atoms with Gasteiger partial charge in [-0.25, -0.2) is 4.79 Å². The molecule has 0 radical (unpaired) electrons. The van der Waals surface area contributed by atoms with Gasteiger partial charge in [0.2, 0.25) is 17.7 Å². The minimum atomic E-state index is -1.62. The Morgan fingerprint density at radius 2 is 1.59 bits per heavy atom. The molecule has 12 nitrogen and oxygen atoms in total. The minimum absolute atomic E-state index is 0.0703. The van der Waals surface area contributed by atoms with Crippen LogP contribution >= 0.6 is 11.8 Å². The minimum Gasteiger partial charge on any atom is -0.508 e. The summed E-state index contributed by atoms with van der Waals surface area (Å²) >= 11 is 1.42. The number of benzene rings is 1. The van der Waals surface area contributed by atoms with Crippen LogP contribution < -0.4 is 21.7 Å². The third-order valence-corrected chi connectivity index (χ3v) is 5.48. The molecule has 1 aromatic carbocycles. The summed E-state index contributed by atoms with van der Waals surface area (Å²) in [6.45, 7) is 0.342. The summed E-state index contributed by atoms with van der Waals surface area (Å²) in [7, 11) is 0. The summed E-state index contributed by atoms with van der Waals surface area (Å²) in [5, 5.41) is 44.3. The van der Waals surface area contributed by atoms with E-state index >= 15 is 0 Å². The molecule has 9 N–H and O–H groups in total. The SMILES string of the molecule is CSCCC(NC(=O)C(N)Cc1ccc(O)cc1)C(=O)NC(C(=O)NC(CO)C(=O)O)C(C)O. The molecule has 0 aromatic heterocycles. The van der Waals surface area contributed by atoms with E-state index in [0.29, 0.717) is 11.3 Å². The number of phenols is 1. The second kappa shape index (κ2) is 14.4. The summed E-state index contributed by atoms with van der Waals surface area (Å²) in [5.74, 6) is -3.32. The lowest BCUT2D eigenvalue weighted by Crippen LogP contribution is -2.60. The van der Waals surface area contributed by atoms with Gasteiger partial charge in [0.05, 0.1) is 18.8 Å². The maximum absolute atomic E-state index is 12.9. The van der Waals surface area contributed by atoms with Crippen LogP contribution in [0.5, 0.6) is 5.75 Å². The Morgan fingerprint density at radius 3 is 2.09 bits per heavy atom. The highest BCUT2D eigenvalue weighted by atomic mass is 32.2. The Labute approximate surface area is 201 Å². The van der Waals surface area contributed by atoms with Crippen LogP contribution in [-0.4, -0.2) is 93.0 Å². The first-order chi connectivity index (χ1) is 16.0. The van der Waals surface area contributed by atoms with Gasteiger partial charge in [0.25, 0.3) is 0 Å². The number of hydrogen-bond acceptors (Lipinski definition) is 9. The van der Waals surface area contributed by atoms with Crippen LogP contribution in [0, 0.1) is 0 Å². The summed E-state index contributed by atoms with van der Waals surface area (Å²) in [6.07, 6.45) is 0.762. The van der Waals surface area contributed by atoms with E-state index in [4.69, 9.17) is 15.9 Å². The number of aromatic hydroxyl groups is 1. The van der Waals surface area contributed by atoms with Gasteiger partial charge in [0.15, 0.2) is 0 Å². The van der Waals surface area contributed by atoms with Crippen LogP contribution in [0.2, 0.25) is 0 Å². The molecular weight excluding hydrogens is 468 g/mol. The van der Waals surface area contributed by atoms with Gasteiger partial charge >= 0.3 is 5.97 Å². The van der Waals surface area contributed by atoms with Gasteiger partial charge in [-0.1, -0.05) is 12.1 Å². The van der Waals surface area contributed by atoms with Crippen LogP contribution in [0.15, 0.2) is 24.3 Å². The Balaban J connectivity index is 2.88. The molecule has 0 heterocycles. The first-order valence-corrected chi connectivity index (χ1v) is 11.8. The first-order valence-electron chi connectivity index (χ1n) is 10.4. The fourth-order valence-corrected chi connectivity index (χ4v) is 3.34. The second-order valence-corrected chi connectivity index (χ2v) is 8.61. The summed E-state index contributed by atoms with van der Waals surface area (Å²) in [6, 6.07) is 0.935. The zero-order chi connectivity index (χ0) is 25.8. The van der Waals surface area contributed by atoms with Crippen molar-refractivity contribution in [2.75, 3.05) is 18.6 Å². The number of nitrogens with one attached hydrogen (secondary N) is 3. The Bertz CT molecular complexity index is 837. The smallest absolute Gasteiger partial charge is 0.328 e. The lowest BCUT2D eigenvalue weighted by molar-refractivity contribution is -0.144. The molecule has 0 spiro atoms. The van der Waals surface area contributed by atoms with Crippen molar-refractivity contribution < 1.29 is 39.6 Å². The highest BCUT2D eigenvalue weighted by Gasteiger charge is 2.32. The van der Waals surface area contributed by atoms with Crippen molar-refractivity contribution in [1.82, 2.24) is 16.0 Å². The molecule has 190 valence electrons. The van der Waals surface area contributed by atoms with Crippen molar-refractivity contribution in [2.24, 2.45) is 5.73 Å². The number of aliphatic hydroxyl groups excluding tert-OH is 2. The zero-order valence-electron chi connectivity index (χ0n) is 18.9. The van der Waals surface area contributed by atoms with Crippen molar-refractivity contribution in [3.8, 4) is 5.75 Å². The molecule has 0 aliphatic carbocycles. The zero-order valence-corrected chi connectivity index (χ0v) is 19.7. The van der Waals surface area contributed by atoms with Crippen molar-refractivity contribution in [3.63, 3.8) is 0 Å². The molecule has 0 fully saturated rings. The number of amides is 3.